The molecule has 0 spiro atoms. The SMILES string of the molecule is O=C([O-])C1CCc2cc(C3CCCCC3)c(Cl)cc21.O=C([O-])C1CCc2cc(C3CCCCC3)c(Cl)cc21.[Zn+2]. The van der Waals surface area contributed by atoms with Crippen molar-refractivity contribution in [3.63, 3.8) is 0 Å². The molecule has 2 fully saturated rings. The number of hydrogen-bond acceptors (Lipinski definition) is 4. The van der Waals surface area contributed by atoms with Crippen molar-refractivity contribution in [2.24, 2.45) is 0 Å². The van der Waals surface area contributed by atoms with Crippen LogP contribution in [0, 0.1) is 0 Å². The molecule has 2 aromatic rings. The quantitative estimate of drug-likeness (QED) is 0.374. The third kappa shape index (κ3) is 6.74. The number of carbonyl (C=O) groups is 2. The topological polar surface area (TPSA) is 80.3 Å². The fourth-order valence-electron chi connectivity index (χ4n) is 7.24. The van der Waals surface area contributed by atoms with Crippen LogP contribution in [0.2, 0.25) is 10.0 Å². The average Bonchev–Trinajstić information content (AvgIpc) is 3.53. The molecule has 0 aliphatic heterocycles. The number of rotatable bonds is 4. The molecule has 0 radical (unpaired) electrons. The molecule has 0 aromatic heterocycles. The molecule has 2 unspecified atom stereocenters. The normalized spacial score (nSPS) is 22.7. The summed E-state index contributed by atoms with van der Waals surface area (Å²) in [5, 5.41) is 23.7. The van der Waals surface area contributed by atoms with Crippen molar-refractivity contribution in [1.29, 1.82) is 0 Å². The Labute approximate surface area is 254 Å². The van der Waals surface area contributed by atoms with Crippen LogP contribution in [0.15, 0.2) is 24.3 Å². The number of benzene rings is 2. The van der Waals surface area contributed by atoms with Crippen LogP contribution in [0.1, 0.15) is 134 Å². The van der Waals surface area contributed by atoms with E-state index in [0.29, 0.717) is 24.7 Å². The Kier molecular flexibility index (Phi) is 10.6. The Bertz CT molecular complexity index is 1110. The molecule has 0 N–H and O–H groups in total. The molecule has 4 nitrogen and oxygen atoms in total. The van der Waals surface area contributed by atoms with Gasteiger partial charge in [0.05, 0.1) is 0 Å². The van der Waals surface area contributed by atoms with E-state index in [9.17, 15) is 19.8 Å². The zero-order valence-corrected chi connectivity index (χ0v) is 27.1. The van der Waals surface area contributed by atoms with Gasteiger partial charge in [0.2, 0.25) is 0 Å². The third-order valence-corrected chi connectivity index (χ3v) is 9.99. The minimum absolute atomic E-state index is 0. The molecule has 7 heteroatoms. The molecule has 0 saturated heterocycles. The van der Waals surface area contributed by atoms with Gasteiger partial charge in [-0.25, -0.2) is 0 Å². The van der Waals surface area contributed by atoms with Crippen molar-refractivity contribution >= 4 is 35.1 Å². The minimum Gasteiger partial charge on any atom is -0.549 e. The second-order valence-electron chi connectivity index (χ2n) is 11.6. The number of carboxylic acid groups (broad SMARTS) is 2. The van der Waals surface area contributed by atoms with Gasteiger partial charge in [0.25, 0.3) is 0 Å². The van der Waals surface area contributed by atoms with Gasteiger partial charge in [0, 0.05) is 33.8 Å². The van der Waals surface area contributed by atoms with Crippen molar-refractivity contribution in [1.82, 2.24) is 0 Å². The monoisotopic (exact) mass is 618 g/mol. The van der Waals surface area contributed by atoms with E-state index < -0.39 is 23.8 Å². The summed E-state index contributed by atoms with van der Waals surface area (Å²) in [6.07, 6.45) is 15.6. The van der Waals surface area contributed by atoms with Crippen LogP contribution >= 0.6 is 23.2 Å². The number of carbonyl (C=O) groups excluding carboxylic acids is 2. The number of halogens is 2. The minimum atomic E-state index is -0.972. The summed E-state index contributed by atoms with van der Waals surface area (Å²) in [4.78, 5) is 22.2. The van der Waals surface area contributed by atoms with Gasteiger partial charge in [-0.2, -0.15) is 0 Å². The molecule has 2 saturated carbocycles. The molecular formula is C32H36Cl2O4Zn. The summed E-state index contributed by atoms with van der Waals surface area (Å²) in [5.41, 5.74) is 6.56. The number of hydrogen-bond donors (Lipinski definition) is 0. The summed E-state index contributed by atoms with van der Waals surface area (Å²) in [5.74, 6) is -1.75. The molecule has 6 rings (SSSR count). The van der Waals surface area contributed by atoms with Crippen LogP contribution < -0.4 is 10.2 Å². The third-order valence-electron chi connectivity index (χ3n) is 9.33. The van der Waals surface area contributed by atoms with Crippen LogP contribution in [-0.4, -0.2) is 11.9 Å². The standard InChI is InChI=1S/2C16H19ClO2.Zn/c2*17-15-9-13-11(6-7-12(13)16(18)19)8-14(15)10-4-2-1-3-5-10;/h2*8-10,12H,1-7H2,(H,18,19);/q;;+2/p-2. The maximum absolute atomic E-state index is 11.1. The fourth-order valence-corrected chi connectivity index (χ4v) is 7.89. The molecule has 2 atom stereocenters. The summed E-state index contributed by atoms with van der Waals surface area (Å²) in [6, 6.07) is 8.09. The molecule has 2 aromatic carbocycles. The first-order chi connectivity index (χ1) is 18.3. The van der Waals surface area contributed by atoms with E-state index in [0.717, 1.165) is 34.0 Å². The zero-order valence-electron chi connectivity index (χ0n) is 22.6. The van der Waals surface area contributed by atoms with Gasteiger partial charge in [-0.05, 0) is 109 Å². The molecule has 39 heavy (non-hydrogen) atoms. The Hall–Kier alpha value is -1.42. The largest absolute Gasteiger partial charge is 2.00 e. The zero-order chi connectivity index (χ0) is 26.8. The van der Waals surface area contributed by atoms with E-state index >= 15 is 0 Å². The van der Waals surface area contributed by atoms with E-state index in [4.69, 9.17) is 23.2 Å². The Balaban J connectivity index is 0.000000176. The summed E-state index contributed by atoms with van der Waals surface area (Å²) >= 11 is 12.8. The summed E-state index contributed by atoms with van der Waals surface area (Å²) < 4.78 is 0. The molecule has 204 valence electrons. The van der Waals surface area contributed by atoms with E-state index in [-0.39, 0.29) is 19.5 Å². The molecular weight excluding hydrogens is 585 g/mol. The first kappa shape index (κ1) is 30.5. The van der Waals surface area contributed by atoms with E-state index in [1.165, 1.54) is 86.5 Å². The second kappa shape index (κ2) is 13.5. The smallest absolute Gasteiger partial charge is 0.549 e. The number of fused-ring (bicyclic) bond motifs is 2. The first-order valence-electron chi connectivity index (χ1n) is 14.4. The van der Waals surface area contributed by atoms with Crippen molar-refractivity contribution in [3.05, 3.63) is 67.7 Å². The first-order valence-corrected chi connectivity index (χ1v) is 15.1. The van der Waals surface area contributed by atoms with Gasteiger partial charge in [-0.1, -0.05) is 73.9 Å². The maximum atomic E-state index is 11.1. The molecule has 4 aliphatic carbocycles. The van der Waals surface area contributed by atoms with E-state index in [1.807, 2.05) is 12.1 Å². The van der Waals surface area contributed by atoms with E-state index in [1.54, 1.807) is 0 Å². The van der Waals surface area contributed by atoms with Crippen LogP contribution in [0.3, 0.4) is 0 Å². The molecule has 0 heterocycles. The van der Waals surface area contributed by atoms with Gasteiger partial charge in [0.1, 0.15) is 0 Å². The number of carboxylic acids is 2. The average molecular weight is 621 g/mol. The van der Waals surface area contributed by atoms with Crippen molar-refractivity contribution in [2.45, 2.75) is 114 Å². The van der Waals surface area contributed by atoms with Crippen LogP contribution in [0.25, 0.3) is 0 Å². The Morgan fingerprint density at radius 2 is 0.923 bits per heavy atom. The molecule has 0 bridgehead atoms. The van der Waals surface area contributed by atoms with Crippen molar-refractivity contribution in [2.75, 3.05) is 0 Å². The van der Waals surface area contributed by atoms with Gasteiger partial charge in [-0.3, -0.25) is 0 Å². The van der Waals surface area contributed by atoms with Gasteiger partial charge in [0.15, 0.2) is 0 Å². The summed E-state index contributed by atoms with van der Waals surface area (Å²) in [7, 11) is 0. The van der Waals surface area contributed by atoms with Crippen LogP contribution in [-0.2, 0) is 41.9 Å². The van der Waals surface area contributed by atoms with Gasteiger partial charge in [-0.15, -0.1) is 0 Å². The predicted molar refractivity (Wildman–Crippen MR) is 147 cm³/mol. The second-order valence-corrected chi connectivity index (χ2v) is 12.4. The van der Waals surface area contributed by atoms with Crippen LogP contribution in [0.4, 0.5) is 0 Å². The molecule has 0 amide bonds. The molecule has 4 aliphatic rings. The van der Waals surface area contributed by atoms with Gasteiger partial charge < -0.3 is 19.8 Å². The van der Waals surface area contributed by atoms with Crippen LogP contribution in [0.5, 0.6) is 0 Å². The Morgan fingerprint density at radius 3 is 1.26 bits per heavy atom. The summed E-state index contributed by atoms with van der Waals surface area (Å²) in [6.45, 7) is 0. The van der Waals surface area contributed by atoms with Crippen molar-refractivity contribution < 1.29 is 39.3 Å². The van der Waals surface area contributed by atoms with Crippen molar-refractivity contribution in [3.8, 4) is 0 Å². The van der Waals surface area contributed by atoms with Gasteiger partial charge >= 0.3 is 19.5 Å². The Morgan fingerprint density at radius 1 is 0.564 bits per heavy atom. The van der Waals surface area contributed by atoms with E-state index in [2.05, 4.69) is 12.1 Å². The predicted octanol–water partition coefficient (Wildman–Crippen LogP) is 6.33. The number of aryl methyl sites for hydroxylation is 2. The maximum Gasteiger partial charge on any atom is 2.00 e. The fraction of sp³-hybridized carbons (Fsp3) is 0.562. The number of aliphatic carboxylic acids is 2.